The van der Waals surface area contributed by atoms with Gasteiger partial charge in [0.2, 0.25) is 11.8 Å². The van der Waals surface area contributed by atoms with E-state index >= 15 is 4.39 Å². The van der Waals surface area contributed by atoms with Gasteiger partial charge in [0, 0.05) is 66.9 Å². The van der Waals surface area contributed by atoms with Gasteiger partial charge in [-0.1, -0.05) is 17.7 Å². The molecule has 4 amide bonds. The zero-order valence-corrected chi connectivity index (χ0v) is 28.9. The number of piperazine rings is 1. The summed E-state index contributed by atoms with van der Waals surface area (Å²) in [5.41, 5.74) is 1.71. The van der Waals surface area contributed by atoms with E-state index < -0.39 is 23.7 Å². The number of carbonyl (C=O) groups is 4. The molecule has 1 aromatic heterocycles. The molecule has 52 heavy (non-hydrogen) atoms. The summed E-state index contributed by atoms with van der Waals surface area (Å²) in [6.45, 7) is 1.78. The fourth-order valence-corrected chi connectivity index (χ4v) is 8.45. The van der Waals surface area contributed by atoms with E-state index in [1.54, 1.807) is 36.4 Å². The van der Waals surface area contributed by atoms with Crippen molar-refractivity contribution in [1.29, 1.82) is 5.26 Å². The zero-order valence-electron chi connectivity index (χ0n) is 28.2. The first-order valence-corrected chi connectivity index (χ1v) is 18.0. The first kappa shape index (κ1) is 34.0. The van der Waals surface area contributed by atoms with Gasteiger partial charge >= 0.3 is 0 Å². The average Bonchev–Trinajstić information content (AvgIpc) is 3.47. The Morgan fingerprint density at radius 1 is 1.04 bits per heavy atom. The van der Waals surface area contributed by atoms with Crippen LogP contribution in [0.25, 0.3) is 0 Å². The Labute approximate surface area is 304 Å². The molecule has 3 atom stereocenters. The number of piperidine rings is 2. The summed E-state index contributed by atoms with van der Waals surface area (Å²) < 4.78 is 21.9. The number of nitrogens with one attached hydrogen (secondary N) is 2. The maximum atomic E-state index is 15.8. The van der Waals surface area contributed by atoms with Crippen molar-refractivity contribution >= 4 is 41.0 Å². The highest BCUT2D eigenvalue weighted by atomic mass is 35.5. The molecule has 2 bridgehead atoms. The molecular weight excluding hydrogens is 691 g/mol. The van der Waals surface area contributed by atoms with E-state index in [4.69, 9.17) is 21.6 Å². The number of amides is 4. The van der Waals surface area contributed by atoms with E-state index in [0.29, 0.717) is 52.9 Å². The molecule has 2 aromatic carbocycles. The van der Waals surface area contributed by atoms with Crippen molar-refractivity contribution in [3.8, 4) is 11.8 Å². The van der Waals surface area contributed by atoms with Gasteiger partial charge in [-0.25, -0.2) is 4.39 Å². The van der Waals surface area contributed by atoms with Gasteiger partial charge in [0.25, 0.3) is 11.8 Å². The Kier molecular flexibility index (Phi) is 9.00. The number of ether oxygens (including phenoxy) is 1. The molecule has 5 fully saturated rings. The van der Waals surface area contributed by atoms with Gasteiger partial charge < -0.3 is 19.9 Å². The second kappa shape index (κ2) is 13.8. The molecule has 3 unspecified atom stereocenters. The van der Waals surface area contributed by atoms with Gasteiger partial charge in [0.05, 0.1) is 23.2 Å². The van der Waals surface area contributed by atoms with Crippen LogP contribution >= 0.6 is 11.6 Å². The van der Waals surface area contributed by atoms with E-state index in [9.17, 15) is 19.2 Å². The van der Waals surface area contributed by atoms with Crippen molar-refractivity contribution in [3.63, 3.8) is 0 Å². The lowest BCUT2D eigenvalue weighted by atomic mass is 9.87. The lowest BCUT2D eigenvalue weighted by molar-refractivity contribution is -0.136. The maximum absolute atomic E-state index is 15.8. The standard InChI is InChI=1S/C37H36ClFN8O5/c38-29-14-26(5-1-20(29)15-40)52-25-6-3-22(4-7-25)41-35(49)30-9-11-32(44-43-30)47-23-13-24(47)18-45(17-23)16-21-2-8-27-28(34(21)39)19-46(37(27)51)31-10-12-33(48)42-36(31)50/h1-2,5,8-9,11,14,22-25,31H,3-4,6-7,10,12-13,16-19H2,(H,41,49)(H,42,48,50)/t22-,23?,24?,25-,31?. The van der Waals surface area contributed by atoms with Crippen LogP contribution in [0.5, 0.6) is 5.75 Å². The SMILES string of the molecule is N#Cc1ccc(O[C@H]2CC[C@H](NC(=O)c3ccc(N4C5CC4CN(Cc4ccc6c(c4F)CN(C4CCC(=O)NC4=O)C6=O)C5)nn3)CC2)cc1Cl. The Morgan fingerprint density at radius 2 is 1.83 bits per heavy atom. The topological polar surface area (TPSA) is 161 Å². The quantitative estimate of drug-likeness (QED) is 0.329. The molecule has 6 heterocycles. The van der Waals surface area contributed by atoms with E-state index in [2.05, 4.69) is 30.6 Å². The van der Waals surface area contributed by atoms with Crippen LogP contribution in [0.15, 0.2) is 42.5 Å². The Hall–Kier alpha value is -5.13. The van der Waals surface area contributed by atoms with Crippen molar-refractivity contribution < 1.29 is 28.3 Å². The minimum atomic E-state index is -0.790. The van der Waals surface area contributed by atoms with Crippen molar-refractivity contribution in [2.75, 3.05) is 18.0 Å². The maximum Gasteiger partial charge on any atom is 0.272 e. The van der Waals surface area contributed by atoms with Gasteiger partial charge in [0.15, 0.2) is 11.5 Å². The third-order valence-electron chi connectivity index (χ3n) is 10.9. The summed E-state index contributed by atoms with van der Waals surface area (Å²) in [7, 11) is 0. The number of aromatic nitrogens is 2. The normalized spacial score (nSPS) is 25.6. The van der Waals surface area contributed by atoms with Crippen molar-refractivity contribution in [3.05, 3.63) is 81.3 Å². The summed E-state index contributed by atoms with van der Waals surface area (Å²) in [5.74, 6) is -0.646. The number of nitriles is 1. The predicted molar refractivity (Wildman–Crippen MR) is 185 cm³/mol. The molecule has 9 rings (SSSR count). The first-order valence-electron chi connectivity index (χ1n) is 17.6. The number of nitrogens with zero attached hydrogens (tertiary/aromatic N) is 6. The minimum absolute atomic E-state index is 0.000581. The third-order valence-corrected chi connectivity index (χ3v) is 11.2. The monoisotopic (exact) mass is 726 g/mol. The summed E-state index contributed by atoms with van der Waals surface area (Å²) >= 11 is 6.13. The van der Waals surface area contributed by atoms with Crippen LogP contribution in [0.1, 0.15) is 82.5 Å². The number of hydrogen-bond acceptors (Lipinski definition) is 10. The fraction of sp³-hybridized carbons (Fsp3) is 0.432. The second-order valence-electron chi connectivity index (χ2n) is 14.2. The molecule has 268 valence electrons. The van der Waals surface area contributed by atoms with E-state index in [-0.39, 0.29) is 66.7 Å². The molecule has 1 aliphatic carbocycles. The molecule has 13 nitrogen and oxygen atoms in total. The number of rotatable bonds is 8. The second-order valence-corrected chi connectivity index (χ2v) is 14.6. The number of halogens is 2. The summed E-state index contributed by atoms with van der Waals surface area (Å²) in [6.07, 6.45) is 4.40. The number of anilines is 1. The average molecular weight is 727 g/mol. The highest BCUT2D eigenvalue weighted by molar-refractivity contribution is 6.31. The molecule has 3 aromatic rings. The van der Waals surface area contributed by atoms with Crippen LogP contribution in [0.3, 0.4) is 0 Å². The van der Waals surface area contributed by atoms with Gasteiger partial charge in [-0.2, -0.15) is 5.26 Å². The molecular formula is C37H36ClFN8O5. The van der Waals surface area contributed by atoms with Crippen LogP contribution in [0.2, 0.25) is 5.02 Å². The van der Waals surface area contributed by atoms with Crippen LogP contribution < -0.4 is 20.3 Å². The molecule has 0 spiro atoms. The molecule has 0 radical (unpaired) electrons. The predicted octanol–water partition coefficient (Wildman–Crippen LogP) is 3.48. The number of benzene rings is 2. The summed E-state index contributed by atoms with van der Waals surface area (Å²) in [6, 6.07) is 13.5. The largest absolute Gasteiger partial charge is 0.490 e. The van der Waals surface area contributed by atoms with Crippen molar-refractivity contribution in [2.24, 2.45) is 0 Å². The Bertz CT molecular complexity index is 1990. The molecule has 4 saturated heterocycles. The van der Waals surface area contributed by atoms with Gasteiger partial charge in [-0.05, 0) is 68.9 Å². The Morgan fingerprint density at radius 3 is 2.52 bits per heavy atom. The van der Waals surface area contributed by atoms with Crippen molar-refractivity contribution in [2.45, 2.75) is 88.3 Å². The molecule has 1 saturated carbocycles. The van der Waals surface area contributed by atoms with Crippen LogP contribution in [0.4, 0.5) is 10.2 Å². The summed E-state index contributed by atoms with van der Waals surface area (Å²) in [4.78, 5) is 55.8. The Balaban J connectivity index is 0.820. The smallest absolute Gasteiger partial charge is 0.272 e. The minimum Gasteiger partial charge on any atom is -0.490 e. The van der Waals surface area contributed by atoms with E-state index in [1.807, 2.05) is 12.1 Å². The first-order chi connectivity index (χ1) is 25.1. The highest BCUT2D eigenvalue weighted by Crippen LogP contribution is 2.37. The number of imide groups is 1. The van der Waals surface area contributed by atoms with Crippen LogP contribution in [-0.2, 0) is 22.7 Å². The molecule has 6 aliphatic rings. The van der Waals surface area contributed by atoms with E-state index in [0.717, 1.165) is 32.1 Å². The number of fused-ring (bicyclic) bond motifs is 3. The highest BCUT2D eigenvalue weighted by Gasteiger charge is 2.46. The van der Waals surface area contributed by atoms with E-state index in [1.165, 1.54) is 4.90 Å². The van der Waals surface area contributed by atoms with Gasteiger partial charge in [0.1, 0.15) is 23.7 Å². The number of carbonyl (C=O) groups excluding carboxylic acids is 4. The van der Waals surface area contributed by atoms with Gasteiger partial charge in [-0.15, -0.1) is 10.2 Å². The van der Waals surface area contributed by atoms with Crippen LogP contribution in [0, 0.1) is 17.1 Å². The number of hydrogen-bond donors (Lipinski definition) is 2. The molecule has 5 aliphatic heterocycles. The van der Waals surface area contributed by atoms with Crippen molar-refractivity contribution in [1.82, 2.24) is 30.6 Å². The zero-order chi connectivity index (χ0) is 36.1. The molecule has 2 N–H and O–H groups in total. The lowest BCUT2D eigenvalue weighted by Crippen LogP contribution is -2.69. The lowest BCUT2D eigenvalue weighted by Gasteiger charge is -2.56. The van der Waals surface area contributed by atoms with Gasteiger partial charge in [-0.3, -0.25) is 29.4 Å². The third kappa shape index (κ3) is 6.43. The summed E-state index contributed by atoms with van der Waals surface area (Å²) in [5, 5.41) is 23.4. The van der Waals surface area contributed by atoms with Crippen LogP contribution in [-0.4, -0.2) is 87.0 Å². The fourth-order valence-electron chi connectivity index (χ4n) is 8.24. The molecule has 15 heteroatoms.